The Morgan fingerprint density at radius 2 is 2.25 bits per heavy atom. The zero-order chi connectivity index (χ0) is 6.57. The van der Waals surface area contributed by atoms with Gasteiger partial charge in [-0.1, -0.05) is 6.08 Å². The molecule has 0 aromatic heterocycles. The summed E-state index contributed by atoms with van der Waals surface area (Å²) in [5.41, 5.74) is 0. The molecule has 0 aromatic rings. The van der Waals surface area contributed by atoms with Crippen LogP contribution in [0.3, 0.4) is 0 Å². The standard InChI is InChI=1S/C6H13NO/c1-4-6(8)5(2)7-3/h4-8H,1H2,2-3H3. The van der Waals surface area contributed by atoms with Gasteiger partial charge in [-0.2, -0.15) is 0 Å². The molecule has 48 valence electrons. The van der Waals surface area contributed by atoms with E-state index in [0.29, 0.717) is 0 Å². The highest BCUT2D eigenvalue weighted by Gasteiger charge is 2.04. The summed E-state index contributed by atoms with van der Waals surface area (Å²) in [5, 5.41) is 11.8. The van der Waals surface area contributed by atoms with E-state index < -0.39 is 6.10 Å². The van der Waals surface area contributed by atoms with Gasteiger partial charge in [0.1, 0.15) is 0 Å². The topological polar surface area (TPSA) is 32.3 Å². The molecule has 0 aromatic carbocycles. The molecule has 0 rings (SSSR count). The van der Waals surface area contributed by atoms with Gasteiger partial charge < -0.3 is 10.4 Å². The van der Waals surface area contributed by atoms with E-state index in [2.05, 4.69) is 11.9 Å². The molecule has 0 aliphatic heterocycles. The number of nitrogens with one attached hydrogen (secondary N) is 1. The minimum atomic E-state index is -0.431. The first-order valence-corrected chi connectivity index (χ1v) is 2.70. The third-order valence-electron chi connectivity index (χ3n) is 1.21. The molecule has 2 unspecified atom stereocenters. The van der Waals surface area contributed by atoms with Crippen LogP contribution in [0.15, 0.2) is 12.7 Å². The Balaban J connectivity index is 3.44. The summed E-state index contributed by atoms with van der Waals surface area (Å²) in [6.07, 6.45) is 1.08. The fraction of sp³-hybridized carbons (Fsp3) is 0.667. The SMILES string of the molecule is C=CC(O)C(C)NC. The second-order valence-corrected chi connectivity index (χ2v) is 1.80. The van der Waals surface area contributed by atoms with Crippen LogP contribution in [0.1, 0.15) is 6.92 Å². The zero-order valence-electron chi connectivity index (χ0n) is 5.39. The smallest absolute Gasteiger partial charge is 0.0868 e. The maximum atomic E-state index is 8.95. The Morgan fingerprint density at radius 1 is 1.75 bits per heavy atom. The van der Waals surface area contributed by atoms with E-state index in [4.69, 9.17) is 5.11 Å². The molecule has 0 fully saturated rings. The van der Waals surface area contributed by atoms with E-state index in [-0.39, 0.29) is 6.04 Å². The van der Waals surface area contributed by atoms with Gasteiger partial charge in [0.2, 0.25) is 0 Å². The molecular formula is C6H13NO. The highest BCUT2D eigenvalue weighted by Crippen LogP contribution is 1.90. The van der Waals surface area contributed by atoms with Gasteiger partial charge in [-0.3, -0.25) is 0 Å². The molecule has 2 heteroatoms. The van der Waals surface area contributed by atoms with Crippen molar-refractivity contribution < 1.29 is 5.11 Å². The Labute approximate surface area is 50.2 Å². The quantitative estimate of drug-likeness (QED) is 0.513. The van der Waals surface area contributed by atoms with Crippen molar-refractivity contribution in [2.45, 2.75) is 19.1 Å². The molecule has 2 N–H and O–H groups in total. The Morgan fingerprint density at radius 3 is 2.38 bits per heavy atom. The minimum Gasteiger partial charge on any atom is -0.387 e. The summed E-state index contributed by atoms with van der Waals surface area (Å²) < 4.78 is 0. The van der Waals surface area contributed by atoms with Gasteiger partial charge >= 0.3 is 0 Å². The predicted molar refractivity (Wildman–Crippen MR) is 34.7 cm³/mol. The molecule has 2 nitrogen and oxygen atoms in total. The van der Waals surface area contributed by atoms with Crippen molar-refractivity contribution in [3.8, 4) is 0 Å². The van der Waals surface area contributed by atoms with Gasteiger partial charge in [-0.25, -0.2) is 0 Å². The van der Waals surface area contributed by atoms with Crippen molar-refractivity contribution in [3.63, 3.8) is 0 Å². The molecule has 0 bridgehead atoms. The van der Waals surface area contributed by atoms with Gasteiger partial charge in [0.05, 0.1) is 6.10 Å². The second-order valence-electron chi connectivity index (χ2n) is 1.80. The van der Waals surface area contributed by atoms with Crippen LogP contribution in [0.25, 0.3) is 0 Å². The Hall–Kier alpha value is -0.340. The Kier molecular flexibility index (Phi) is 3.48. The van der Waals surface area contributed by atoms with E-state index >= 15 is 0 Å². The molecule has 0 saturated heterocycles. The lowest BCUT2D eigenvalue weighted by Crippen LogP contribution is -2.32. The van der Waals surface area contributed by atoms with Crippen molar-refractivity contribution >= 4 is 0 Å². The number of likely N-dealkylation sites (N-methyl/N-ethyl adjacent to an activating group) is 1. The lowest BCUT2D eigenvalue weighted by molar-refractivity contribution is 0.184. The number of aliphatic hydroxyl groups excluding tert-OH is 1. The third-order valence-corrected chi connectivity index (χ3v) is 1.21. The van der Waals surface area contributed by atoms with E-state index in [1.165, 1.54) is 6.08 Å². The van der Waals surface area contributed by atoms with Crippen molar-refractivity contribution in [3.05, 3.63) is 12.7 Å². The Bertz CT molecular complexity index is 72.9. The van der Waals surface area contributed by atoms with Crippen LogP contribution in [-0.2, 0) is 0 Å². The molecular weight excluding hydrogens is 102 g/mol. The van der Waals surface area contributed by atoms with E-state index in [9.17, 15) is 0 Å². The van der Waals surface area contributed by atoms with Crippen LogP contribution >= 0.6 is 0 Å². The fourth-order valence-electron chi connectivity index (χ4n) is 0.375. The average Bonchev–Trinajstić information content (AvgIpc) is 1.84. The molecule has 0 amide bonds. The van der Waals surface area contributed by atoms with Crippen LogP contribution < -0.4 is 5.32 Å². The molecule has 0 spiro atoms. The molecule has 8 heavy (non-hydrogen) atoms. The van der Waals surface area contributed by atoms with Crippen molar-refractivity contribution in [2.24, 2.45) is 0 Å². The summed E-state index contributed by atoms with van der Waals surface area (Å²) in [5.74, 6) is 0. The monoisotopic (exact) mass is 115 g/mol. The molecule has 0 aliphatic carbocycles. The minimum absolute atomic E-state index is 0.104. The van der Waals surface area contributed by atoms with E-state index in [1.54, 1.807) is 7.05 Å². The average molecular weight is 115 g/mol. The molecule has 0 saturated carbocycles. The molecule has 0 aliphatic rings. The van der Waals surface area contributed by atoms with Crippen molar-refractivity contribution in [1.82, 2.24) is 5.32 Å². The van der Waals surface area contributed by atoms with Crippen LogP contribution in [-0.4, -0.2) is 24.3 Å². The first-order valence-electron chi connectivity index (χ1n) is 2.70. The maximum Gasteiger partial charge on any atom is 0.0868 e. The zero-order valence-corrected chi connectivity index (χ0v) is 5.39. The predicted octanol–water partition coefficient (Wildman–Crippen LogP) is 0.141. The largest absolute Gasteiger partial charge is 0.387 e. The van der Waals surface area contributed by atoms with Gasteiger partial charge in [-0.05, 0) is 14.0 Å². The summed E-state index contributed by atoms with van der Waals surface area (Å²) in [7, 11) is 1.80. The number of hydrogen-bond donors (Lipinski definition) is 2. The van der Waals surface area contributed by atoms with Crippen LogP contribution in [0.2, 0.25) is 0 Å². The van der Waals surface area contributed by atoms with Crippen molar-refractivity contribution in [2.75, 3.05) is 7.05 Å². The number of rotatable bonds is 3. The van der Waals surface area contributed by atoms with Gasteiger partial charge in [0.15, 0.2) is 0 Å². The lowest BCUT2D eigenvalue weighted by Gasteiger charge is -2.12. The van der Waals surface area contributed by atoms with Gasteiger partial charge in [-0.15, -0.1) is 6.58 Å². The van der Waals surface area contributed by atoms with E-state index in [0.717, 1.165) is 0 Å². The normalized spacial score (nSPS) is 17.4. The highest BCUT2D eigenvalue weighted by molar-refractivity contribution is 4.85. The summed E-state index contributed by atoms with van der Waals surface area (Å²) in [6, 6.07) is 0.104. The summed E-state index contributed by atoms with van der Waals surface area (Å²) >= 11 is 0. The second kappa shape index (κ2) is 3.64. The molecule has 0 heterocycles. The number of hydrogen-bond acceptors (Lipinski definition) is 2. The van der Waals surface area contributed by atoms with Gasteiger partial charge in [0, 0.05) is 6.04 Å². The van der Waals surface area contributed by atoms with Gasteiger partial charge in [0.25, 0.3) is 0 Å². The fourth-order valence-corrected chi connectivity index (χ4v) is 0.375. The molecule has 0 radical (unpaired) electrons. The van der Waals surface area contributed by atoms with Crippen LogP contribution in [0.5, 0.6) is 0 Å². The van der Waals surface area contributed by atoms with Crippen molar-refractivity contribution in [1.29, 1.82) is 0 Å². The highest BCUT2D eigenvalue weighted by atomic mass is 16.3. The lowest BCUT2D eigenvalue weighted by atomic mass is 10.2. The first-order chi connectivity index (χ1) is 3.72. The van der Waals surface area contributed by atoms with Crippen LogP contribution in [0, 0.1) is 0 Å². The first kappa shape index (κ1) is 7.66. The van der Waals surface area contributed by atoms with E-state index in [1.807, 2.05) is 6.92 Å². The number of aliphatic hydroxyl groups is 1. The van der Waals surface area contributed by atoms with Crippen LogP contribution in [0.4, 0.5) is 0 Å². The summed E-state index contributed by atoms with van der Waals surface area (Å²) in [4.78, 5) is 0. The summed E-state index contributed by atoms with van der Waals surface area (Å²) in [6.45, 7) is 5.33. The maximum absolute atomic E-state index is 8.95. The molecule has 2 atom stereocenters. The third kappa shape index (κ3) is 2.09.